The molecule has 0 amide bonds. The molecule has 0 atom stereocenters. The van der Waals surface area contributed by atoms with Crippen LogP contribution in [-0.2, 0) is 9.47 Å². The normalized spacial score (nSPS) is 20.8. The van der Waals surface area contributed by atoms with Gasteiger partial charge in [-0.05, 0) is 44.9 Å². The van der Waals surface area contributed by atoms with E-state index in [9.17, 15) is 5.11 Å². The van der Waals surface area contributed by atoms with Crippen LogP contribution in [0, 0.1) is 5.92 Å². The number of hydrogen-bond donors (Lipinski definition) is 2. The first-order chi connectivity index (χ1) is 11.3. The largest absolute Gasteiger partial charge is 0.393 e. The van der Waals surface area contributed by atoms with Gasteiger partial charge in [0, 0.05) is 52.6 Å². The summed E-state index contributed by atoms with van der Waals surface area (Å²) in [6.07, 6.45) is 4.73. The van der Waals surface area contributed by atoms with E-state index in [-0.39, 0.29) is 30.1 Å². The second-order valence-electron chi connectivity index (χ2n) is 6.44. The first-order valence-corrected chi connectivity index (χ1v) is 9.16. The average Bonchev–Trinajstić information content (AvgIpc) is 2.59. The van der Waals surface area contributed by atoms with E-state index in [1.807, 2.05) is 0 Å². The van der Waals surface area contributed by atoms with Gasteiger partial charge < -0.3 is 24.8 Å². The maximum Gasteiger partial charge on any atom is 0.193 e. The van der Waals surface area contributed by atoms with Crippen LogP contribution < -0.4 is 5.32 Å². The molecule has 0 aromatic heterocycles. The van der Waals surface area contributed by atoms with Gasteiger partial charge in [0.1, 0.15) is 0 Å². The molecule has 24 heavy (non-hydrogen) atoms. The third kappa shape index (κ3) is 8.31. The minimum absolute atomic E-state index is 0. The molecule has 2 heterocycles. The Labute approximate surface area is 163 Å². The van der Waals surface area contributed by atoms with Gasteiger partial charge in [0.15, 0.2) is 5.96 Å². The number of aliphatic hydroxyl groups is 1. The number of rotatable bonds is 7. The van der Waals surface area contributed by atoms with Crippen LogP contribution in [0.25, 0.3) is 0 Å². The van der Waals surface area contributed by atoms with Crippen molar-refractivity contribution < 1.29 is 14.6 Å². The molecule has 0 saturated carbocycles. The number of likely N-dealkylation sites (tertiary alicyclic amines) is 1. The fourth-order valence-corrected chi connectivity index (χ4v) is 3.02. The number of hydrogen-bond acceptors (Lipinski definition) is 4. The SMILES string of the molecule is CCNC(=NCCCOCC1CCOCC1)N1CCC(O)CC1.I. The average molecular weight is 455 g/mol. The van der Waals surface area contributed by atoms with Crippen LogP contribution in [0.1, 0.15) is 39.0 Å². The van der Waals surface area contributed by atoms with E-state index in [0.717, 1.165) is 90.7 Å². The topological polar surface area (TPSA) is 66.3 Å². The van der Waals surface area contributed by atoms with E-state index in [1.54, 1.807) is 0 Å². The molecular formula is C17H34IN3O3. The van der Waals surface area contributed by atoms with Gasteiger partial charge >= 0.3 is 0 Å². The van der Waals surface area contributed by atoms with Crippen LogP contribution in [0.5, 0.6) is 0 Å². The van der Waals surface area contributed by atoms with Gasteiger partial charge in [-0.2, -0.15) is 0 Å². The molecule has 7 heteroatoms. The summed E-state index contributed by atoms with van der Waals surface area (Å²) in [7, 11) is 0. The molecule has 0 bridgehead atoms. The van der Waals surface area contributed by atoms with E-state index in [0.29, 0.717) is 5.92 Å². The Morgan fingerprint density at radius 2 is 1.96 bits per heavy atom. The van der Waals surface area contributed by atoms with Gasteiger partial charge in [0.25, 0.3) is 0 Å². The van der Waals surface area contributed by atoms with Gasteiger partial charge in [-0.15, -0.1) is 24.0 Å². The van der Waals surface area contributed by atoms with Gasteiger partial charge in [-0.1, -0.05) is 0 Å². The second kappa shape index (κ2) is 13.1. The highest BCUT2D eigenvalue weighted by Gasteiger charge is 2.19. The van der Waals surface area contributed by atoms with Crippen LogP contribution >= 0.6 is 24.0 Å². The number of piperidine rings is 1. The minimum Gasteiger partial charge on any atom is -0.393 e. The lowest BCUT2D eigenvalue weighted by Crippen LogP contribution is -2.46. The lowest BCUT2D eigenvalue weighted by molar-refractivity contribution is 0.0205. The highest BCUT2D eigenvalue weighted by Crippen LogP contribution is 2.14. The fourth-order valence-electron chi connectivity index (χ4n) is 3.02. The van der Waals surface area contributed by atoms with Gasteiger partial charge in [-0.3, -0.25) is 4.99 Å². The van der Waals surface area contributed by atoms with Crippen molar-refractivity contribution in [3.63, 3.8) is 0 Å². The van der Waals surface area contributed by atoms with E-state index in [4.69, 9.17) is 14.5 Å². The molecular weight excluding hydrogens is 421 g/mol. The smallest absolute Gasteiger partial charge is 0.193 e. The number of guanidine groups is 1. The molecule has 0 aliphatic carbocycles. The summed E-state index contributed by atoms with van der Waals surface area (Å²) in [6.45, 7) is 8.92. The quantitative estimate of drug-likeness (QED) is 0.266. The fraction of sp³-hybridized carbons (Fsp3) is 0.941. The summed E-state index contributed by atoms with van der Waals surface area (Å²) in [5, 5.41) is 13.0. The first kappa shape index (κ1) is 21.9. The van der Waals surface area contributed by atoms with Crippen molar-refractivity contribution in [2.24, 2.45) is 10.9 Å². The minimum atomic E-state index is -0.146. The number of ether oxygens (including phenoxy) is 2. The van der Waals surface area contributed by atoms with Gasteiger partial charge in [0.05, 0.1) is 6.10 Å². The molecule has 6 nitrogen and oxygen atoms in total. The number of nitrogens with one attached hydrogen (secondary N) is 1. The monoisotopic (exact) mass is 455 g/mol. The summed E-state index contributed by atoms with van der Waals surface area (Å²) in [5.74, 6) is 1.65. The molecule has 0 spiro atoms. The maximum atomic E-state index is 9.61. The predicted molar refractivity (Wildman–Crippen MR) is 107 cm³/mol. The van der Waals surface area contributed by atoms with Crippen LogP contribution in [0.4, 0.5) is 0 Å². The molecule has 2 aliphatic rings. The van der Waals surface area contributed by atoms with E-state index in [2.05, 4.69) is 17.1 Å². The van der Waals surface area contributed by atoms with Gasteiger partial charge in [0.2, 0.25) is 0 Å². The standard InChI is InChI=1S/C17H33N3O3.HI/c1-2-18-17(20-9-4-16(21)5-10-20)19-8-3-11-23-14-15-6-12-22-13-7-15;/h15-16,21H,2-14H2,1H3,(H,18,19);1H. The summed E-state index contributed by atoms with van der Waals surface area (Å²) in [6, 6.07) is 0. The van der Waals surface area contributed by atoms with Gasteiger partial charge in [-0.25, -0.2) is 0 Å². The maximum absolute atomic E-state index is 9.61. The van der Waals surface area contributed by atoms with Crippen LogP contribution in [0.2, 0.25) is 0 Å². The zero-order valence-electron chi connectivity index (χ0n) is 14.9. The molecule has 0 radical (unpaired) electrons. The number of nitrogens with zero attached hydrogens (tertiary/aromatic N) is 2. The number of halogens is 1. The molecule has 0 aromatic rings. The molecule has 2 N–H and O–H groups in total. The number of aliphatic hydroxyl groups excluding tert-OH is 1. The van der Waals surface area contributed by atoms with E-state index in [1.165, 1.54) is 0 Å². The molecule has 142 valence electrons. The molecule has 2 saturated heterocycles. The van der Waals surface area contributed by atoms with Crippen LogP contribution in [0.15, 0.2) is 4.99 Å². The van der Waals surface area contributed by atoms with Crippen molar-refractivity contribution in [1.82, 2.24) is 10.2 Å². The highest BCUT2D eigenvalue weighted by atomic mass is 127. The summed E-state index contributed by atoms with van der Waals surface area (Å²) >= 11 is 0. The Morgan fingerprint density at radius 3 is 2.62 bits per heavy atom. The molecule has 2 fully saturated rings. The van der Waals surface area contributed by atoms with Crippen molar-refractivity contribution in [2.75, 3.05) is 52.6 Å². The Kier molecular flexibility index (Phi) is 12.0. The number of aliphatic imine (C=N–C) groups is 1. The van der Waals surface area contributed by atoms with Crippen molar-refractivity contribution in [2.45, 2.75) is 45.1 Å². The lowest BCUT2D eigenvalue weighted by atomic mass is 10.0. The first-order valence-electron chi connectivity index (χ1n) is 9.16. The molecule has 0 aromatic carbocycles. The van der Waals surface area contributed by atoms with Crippen molar-refractivity contribution in [1.29, 1.82) is 0 Å². The Morgan fingerprint density at radius 1 is 1.25 bits per heavy atom. The Bertz CT molecular complexity index is 344. The Hall–Kier alpha value is -0.120. The second-order valence-corrected chi connectivity index (χ2v) is 6.44. The highest BCUT2D eigenvalue weighted by molar-refractivity contribution is 14.0. The van der Waals surface area contributed by atoms with Crippen LogP contribution in [-0.4, -0.2) is 74.7 Å². The Balaban J connectivity index is 0.00000288. The predicted octanol–water partition coefficient (Wildman–Crippen LogP) is 1.86. The van der Waals surface area contributed by atoms with E-state index >= 15 is 0 Å². The summed E-state index contributed by atoms with van der Waals surface area (Å²) in [4.78, 5) is 6.95. The lowest BCUT2D eigenvalue weighted by Gasteiger charge is -2.32. The van der Waals surface area contributed by atoms with Crippen molar-refractivity contribution in [3.05, 3.63) is 0 Å². The summed E-state index contributed by atoms with van der Waals surface area (Å²) < 4.78 is 11.1. The van der Waals surface area contributed by atoms with Crippen molar-refractivity contribution in [3.8, 4) is 0 Å². The molecule has 2 aliphatic heterocycles. The zero-order chi connectivity index (χ0) is 16.3. The van der Waals surface area contributed by atoms with Crippen LogP contribution in [0.3, 0.4) is 0 Å². The van der Waals surface area contributed by atoms with Crippen molar-refractivity contribution >= 4 is 29.9 Å². The summed E-state index contributed by atoms with van der Waals surface area (Å²) in [5.41, 5.74) is 0. The third-order valence-electron chi connectivity index (χ3n) is 4.50. The molecule has 2 rings (SSSR count). The zero-order valence-corrected chi connectivity index (χ0v) is 17.2. The molecule has 0 unspecified atom stereocenters. The third-order valence-corrected chi connectivity index (χ3v) is 4.50. The van der Waals surface area contributed by atoms with E-state index < -0.39 is 0 Å².